The normalized spacial score (nSPS) is 17.5. The van der Waals surface area contributed by atoms with Crippen LogP contribution in [0.15, 0.2) is 24.3 Å². The number of likely N-dealkylation sites (tertiary alicyclic amines) is 1. The van der Waals surface area contributed by atoms with Crippen LogP contribution in [0.2, 0.25) is 5.02 Å². The Morgan fingerprint density at radius 3 is 2.73 bits per heavy atom. The maximum absolute atomic E-state index is 11.8. The first-order valence-electron chi connectivity index (χ1n) is 7.39. The number of halogens is 1. The molecule has 0 spiro atoms. The zero-order valence-corrected chi connectivity index (χ0v) is 14.3. The van der Waals surface area contributed by atoms with Crippen molar-refractivity contribution >= 4 is 35.2 Å². The molecule has 22 heavy (non-hydrogen) atoms. The number of carbonyl (C=O) groups is 2. The predicted molar refractivity (Wildman–Crippen MR) is 91.0 cm³/mol. The molecule has 120 valence electrons. The summed E-state index contributed by atoms with van der Waals surface area (Å²) in [6.45, 7) is 3.81. The number of nitrogens with zero attached hydrogens (tertiary/aromatic N) is 1. The fraction of sp³-hybridized carbons (Fsp3) is 0.500. The van der Waals surface area contributed by atoms with Crippen molar-refractivity contribution in [3.63, 3.8) is 0 Å². The van der Waals surface area contributed by atoms with Gasteiger partial charge < -0.3 is 10.2 Å². The van der Waals surface area contributed by atoms with Gasteiger partial charge in [0.05, 0.1) is 5.75 Å². The maximum Gasteiger partial charge on any atom is 0.230 e. The van der Waals surface area contributed by atoms with Crippen LogP contribution < -0.4 is 5.32 Å². The van der Waals surface area contributed by atoms with Crippen molar-refractivity contribution in [3.8, 4) is 0 Å². The molecule has 1 N–H and O–H groups in total. The van der Waals surface area contributed by atoms with Crippen molar-refractivity contribution in [2.75, 3.05) is 25.4 Å². The number of rotatable bonds is 6. The molecule has 4 nitrogen and oxygen atoms in total. The lowest BCUT2D eigenvalue weighted by molar-refractivity contribution is -0.127. The van der Waals surface area contributed by atoms with Gasteiger partial charge in [0.25, 0.3) is 0 Å². The highest BCUT2D eigenvalue weighted by Crippen LogP contribution is 2.16. The van der Waals surface area contributed by atoms with E-state index in [2.05, 4.69) is 5.32 Å². The van der Waals surface area contributed by atoms with Crippen molar-refractivity contribution in [1.82, 2.24) is 10.2 Å². The predicted octanol–water partition coefficient (Wildman–Crippen LogP) is 2.56. The molecule has 1 aromatic rings. The average molecular weight is 341 g/mol. The first kappa shape index (κ1) is 17.2. The fourth-order valence-corrected chi connectivity index (χ4v) is 3.38. The van der Waals surface area contributed by atoms with Crippen LogP contribution in [0.25, 0.3) is 0 Å². The summed E-state index contributed by atoms with van der Waals surface area (Å²) in [6, 6.07) is 7.67. The Hall–Kier alpha value is -1.20. The van der Waals surface area contributed by atoms with E-state index in [1.165, 1.54) is 0 Å². The zero-order valence-electron chi connectivity index (χ0n) is 12.7. The van der Waals surface area contributed by atoms with Crippen molar-refractivity contribution in [2.45, 2.75) is 19.1 Å². The number of amides is 2. The van der Waals surface area contributed by atoms with Crippen molar-refractivity contribution in [3.05, 3.63) is 34.9 Å². The second kappa shape index (κ2) is 8.44. The summed E-state index contributed by atoms with van der Waals surface area (Å²) >= 11 is 7.42. The van der Waals surface area contributed by atoms with E-state index < -0.39 is 0 Å². The number of hydrogen-bond donors (Lipinski definition) is 1. The molecule has 0 aliphatic carbocycles. The van der Waals surface area contributed by atoms with Gasteiger partial charge in [0.2, 0.25) is 11.8 Å². The fourth-order valence-electron chi connectivity index (χ4n) is 2.44. The Morgan fingerprint density at radius 2 is 2.09 bits per heavy atom. The molecule has 0 bridgehead atoms. The molecular weight excluding hydrogens is 320 g/mol. The van der Waals surface area contributed by atoms with Gasteiger partial charge in [-0.15, -0.1) is 11.8 Å². The van der Waals surface area contributed by atoms with Crippen molar-refractivity contribution < 1.29 is 9.59 Å². The second-order valence-electron chi connectivity index (χ2n) is 5.54. The van der Waals surface area contributed by atoms with E-state index in [4.69, 9.17) is 11.6 Å². The smallest absolute Gasteiger partial charge is 0.230 e. The van der Waals surface area contributed by atoms with Crippen LogP contribution >= 0.6 is 23.4 Å². The molecule has 1 saturated heterocycles. The van der Waals surface area contributed by atoms with Gasteiger partial charge in [-0.05, 0) is 30.0 Å². The minimum atomic E-state index is 0.0558. The monoisotopic (exact) mass is 340 g/mol. The summed E-state index contributed by atoms with van der Waals surface area (Å²) in [5.41, 5.74) is 1.16. The molecule has 6 heteroatoms. The molecule has 1 atom stereocenters. The summed E-state index contributed by atoms with van der Waals surface area (Å²) in [4.78, 5) is 24.9. The highest BCUT2D eigenvalue weighted by molar-refractivity contribution is 7.99. The van der Waals surface area contributed by atoms with Crippen LogP contribution in [-0.4, -0.2) is 42.1 Å². The Labute approximate surface area is 140 Å². The van der Waals surface area contributed by atoms with E-state index >= 15 is 0 Å². The topological polar surface area (TPSA) is 49.4 Å². The lowest BCUT2D eigenvalue weighted by atomic mass is 10.1. The van der Waals surface area contributed by atoms with Crippen LogP contribution in [0.4, 0.5) is 0 Å². The van der Waals surface area contributed by atoms with E-state index in [9.17, 15) is 9.59 Å². The van der Waals surface area contributed by atoms with E-state index in [-0.39, 0.29) is 11.8 Å². The Morgan fingerprint density at radius 1 is 1.36 bits per heavy atom. The molecule has 0 aromatic heterocycles. The first-order valence-corrected chi connectivity index (χ1v) is 8.92. The van der Waals surface area contributed by atoms with Gasteiger partial charge in [0.15, 0.2) is 0 Å². The third-order valence-corrected chi connectivity index (χ3v) is 4.99. The largest absolute Gasteiger partial charge is 0.355 e. The van der Waals surface area contributed by atoms with Crippen LogP contribution in [-0.2, 0) is 15.3 Å². The molecule has 1 aliphatic heterocycles. The van der Waals surface area contributed by atoms with Gasteiger partial charge in [-0.25, -0.2) is 0 Å². The third kappa shape index (κ3) is 5.54. The van der Waals surface area contributed by atoms with Gasteiger partial charge in [-0.2, -0.15) is 0 Å². The van der Waals surface area contributed by atoms with E-state index in [1.807, 2.05) is 29.2 Å². The maximum atomic E-state index is 11.8. The molecule has 1 heterocycles. The van der Waals surface area contributed by atoms with Crippen LogP contribution in [0, 0.1) is 5.92 Å². The molecule has 1 fully saturated rings. The Bertz CT molecular complexity index is 521. The van der Waals surface area contributed by atoms with Crippen LogP contribution in [0.1, 0.15) is 18.9 Å². The van der Waals surface area contributed by atoms with Gasteiger partial charge in [0, 0.05) is 37.3 Å². The van der Waals surface area contributed by atoms with Crippen molar-refractivity contribution in [1.29, 1.82) is 0 Å². The summed E-state index contributed by atoms with van der Waals surface area (Å²) in [6.07, 6.45) is 0.970. The standard InChI is InChI=1S/C16H21ClN2O2S/c1-12(20)19-7-6-14(9-19)8-18-16(21)11-22-10-13-2-4-15(17)5-3-13/h2-5,14H,6-11H2,1H3,(H,18,21). The minimum Gasteiger partial charge on any atom is -0.355 e. The summed E-state index contributed by atoms with van der Waals surface area (Å²) in [7, 11) is 0. The number of benzene rings is 1. The van der Waals surface area contributed by atoms with Crippen LogP contribution in [0.5, 0.6) is 0 Å². The second-order valence-corrected chi connectivity index (χ2v) is 6.97. The number of nitrogens with one attached hydrogen (secondary N) is 1. The number of hydrogen-bond acceptors (Lipinski definition) is 3. The van der Waals surface area contributed by atoms with Crippen LogP contribution in [0.3, 0.4) is 0 Å². The summed E-state index contributed by atoms with van der Waals surface area (Å²) in [5, 5.41) is 3.69. The minimum absolute atomic E-state index is 0.0558. The summed E-state index contributed by atoms with van der Waals surface area (Å²) in [5.74, 6) is 1.81. The molecule has 2 rings (SSSR count). The average Bonchev–Trinajstić information content (AvgIpc) is 2.96. The molecule has 0 saturated carbocycles. The molecule has 1 unspecified atom stereocenters. The third-order valence-electron chi connectivity index (χ3n) is 3.73. The highest BCUT2D eigenvalue weighted by Gasteiger charge is 2.24. The SMILES string of the molecule is CC(=O)N1CCC(CNC(=O)CSCc2ccc(Cl)cc2)C1. The Kier molecular flexibility index (Phi) is 6.58. The van der Waals surface area contributed by atoms with Crippen molar-refractivity contribution in [2.24, 2.45) is 5.92 Å². The molecule has 0 radical (unpaired) electrons. The molecule has 1 aliphatic rings. The van der Waals surface area contributed by atoms with Gasteiger partial charge in [-0.1, -0.05) is 23.7 Å². The number of carbonyl (C=O) groups excluding carboxylic acids is 2. The molecule has 2 amide bonds. The van der Waals surface area contributed by atoms with Gasteiger partial charge >= 0.3 is 0 Å². The molecular formula is C16H21ClN2O2S. The van der Waals surface area contributed by atoms with E-state index in [1.54, 1.807) is 18.7 Å². The van der Waals surface area contributed by atoms with Gasteiger partial charge in [0.1, 0.15) is 0 Å². The lowest BCUT2D eigenvalue weighted by Gasteiger charge is -2.14. The molecule has 1 aromatic carbocycles. The quantitative estimate of drug-likeness (QED) is 0.865. The Balaban J connectivity index is 1.60. The van der Waals surface area contributed by atoms with E-state index in [0.717, 1.165) is 35.8 Å². The highest BCUT2D eigenvalue weighted by atomic mass is 35.5. The zero-order chi connectivity index (χ0) is 15.9. The van der Waals surface area contributed by atoms with E-state index in [0.29, 0.717) is 18.2 Å². The first-order chi connectivity index (χ1) is 10.5. The van der Waals surface area contributed by atoms with Gasteiger partial charge in [-0.3, -0.25) is 9.59 Å². The lowest BCUT2D eigenvalue weighted by Crippen LogP contribution is -2.33. The summed E-state index contributed by atoms with van der Waals surface area (Å²) < 4.78 is 0. The number of thioether (sulfide) groups is 1.